The van der Waals surface area contributed by atoms with E-state index in [1.165, 1.54) is 5.56 Å². The molecule has 0 saturated carbocycles. The molecule has 3 heteroatoms. The van der Waals surface area contributed by atoms with E-state index in [9.17, 15) is 10.2 Å². The minimum Gasteiger partial charge on any atom is -0.377 e. The van der Waals surface area contributed by atoms with Crippen molar-refractivity contribution in [2.45, 2.75) is 30.5 Å². The topological polar surface area (TPSA) is 40.5 Å². The average Bonchev–Trinajstić information content (AvgIpc) is 3.30. The first kappa shape index (κ1) is 23.6. The van der Waals surface area contributed by atoms with Gasteiger partial charge in [0.2, 0.25) is 0 Å². The van der Waals surface area contributed by atoms with Crippen LogP contribution in [0.5, 0.6) is 0 Å². The van der Waals surface area contributed by atoms with Crippen LogP contribution in [0.4, 0.5) is 0 Å². The Morgan fingerprint density at radius 3 is 1.97 bits per heavy atom. The monoisotopic (exact) mass is 558 g/mol. The lowest BCUT2D eigenvalue weighted by Crippen LogP contribution is -2.41. The summed E-state index contributed by atoms with van der Waals surface area (Å²) in [6.45, 7) is 4.45. The van der Waals surface area contributed by atoms with Crippen LogP contribution in [0.1, 0.15) is 36.1 Å². The summed E-state index contributed by atoms with van der Waals surface area (Å²) in [7, 11) is 0. The molecule has 186 valence electrons. The number of fused-ring (bicyclic) bond motifs is 4. The van der Waals surface area contributed by atoms with Crippen molar-refractivity contribution in [3.63, 3.8) is 0 Å². The lowest BCUT2D eigenvalue weighted by molar-refractivity contribution is 0.116. The molecule has 2 nitrogen and oxygen atoms in total. The fraction of sp³-hybridized carbons (Fsp3) is 0.143. The summed E-state index contributed by atoms with van der Waals surface area (Å²) in [5.74, 6) is 0. The predicted octanol–water partition coefficient (Wildman–Crippen LogP) is 7.53. The van der Waals surface area contributed by atoms with Gasteiger partial charge in [0.25, 0.3) is 0 Å². The van der Waals surface area contributed by atoms with E-state index < -0.39 is 11.2 Å². The molecule has 2 N–H and O–H groups in total. The van der Waals surface area contributed by atoms with E-state index in [1.807, 2.05) is 72.8 Å². The Morgan fingerprint density at radius 1 is 0.632 bits per heavy atom. The lowest BCUT2D eigenvalue weighted by atomic mass is 9.59. The normalized spacial score (nSPS) is 26.6. The number of allylic oxidation sites excluding steroid dienone is 4. The summed E-state index contributed by atoms with van der Waals surface area (Å²) in [4.78, 5) is 0. The van der Waals surface area contributed by atoms with Gasteiger partial charge in [-0.3, -0.25) is 0 Å². The predicted molar refractivity (Wildman–Crippen MR) is 156 cm³/mol. The molecule has 3 aromatic rings. The van der Waals surface area contributed by atoms with E-state index in [0.717, 1.165) is 54.6 Å². The molecule has 0 aromatic heterocycles. The summed E-state index contributed by atoms with van der Waals surface area (Å²) in [5, 5.41) is 25.4. The van der Waals surface area contributed by atoms with Crippen LogP contribution in [0.15, 0.2) is 147 Å². The van der Waals surface area contributed by atoms with Crippen LogP contribution in [0.2, 0.25) is 0 Å². The largest absolute Gasteiger partial charge is 0.377 e. The molecule has 38 heavy (non-hydrogen) atoms. The maximum atomic E-state index is 13.0. The van der Waals surface area contributed by atoms with Gasteiger partial charge in [-0.05, 0) is 74.9 Å². The van der Waals surface area contributed by atoms with Gasteiger partial charge in [0.1, 0.15) is 11.2 Å². The van der Waals surface area contributed by atoms with Crippen molar-refractivity contribution < 1.29 is 10.2 Å². The van der Waals surface area contributed by atoms with Crippen molar-refractivity contribution in [1.82, 2.24) is 0 Å². The minimum atomic E-state index is -1.39. The molecule has 0 amide bonds. The SMILES string of the molecule is CC1(C)C2=CC3=C4C(=CC(Br)=CC4(O)c4ccccc4)C=C3C(O)(c3ccccc3)C2=Cc2ccccc21. The highest BCUT2D eigenvalue weighted by molar-refractivity contribution is 9.11. The highest BCUT2D eigenvalue weighted by atomic mass is 79.9. The number of benzene rings is 3. The quantitative estimate of drug-likeness (QED) is 0.341. The smallest absolute Gasteiger partial charge is 0.141 e. The Morgan fingerprint density at radius 2 is 1.26 bits per heavy atom. The molecule has 0 fully saturated rings. The zero-order valence-electron chi connectivity index (χ0n) is 21.2. The number of rotatable bonds is 2. The molecule has 4 aliphatic carbocycles. The molecular weight excluding hydrogens is 532 g/mol. The number of halogens is 1. The zero-order valence-corrected chi connectivity index (χ0v) is 22.8. The molecule has 0 bridgehead atoms. The second-order valence-electron chi connectivity index (χ2n) is 11.0. The molecule has 7 rings (SSSR count). The first-order valence-corrected chi connectivity index (χ1v) is 13.7. The zero-order chi connectivity index (χ0) is 26.3. The maximum Gasteiger partial charge on any atom is 0.141 e. The van der Waals surface area contributed by atoms with E-state index >= 15 is 0 Å². The Labute approximate surface area is 231 Å². The van der Waals surface area contributed by atoms with Gasteiger partial charge < -0.3 is 10.2 Å². The standard InChI is InChI=1S/C35H27BrO2/c1-33(2)28-16-10-9-11-22(28)18-31-30(33)20-27-29(35(31,38)25-14-7-4-8-15-25)19-23-17-26(36)21-34(37,32(23)27)24-12-5-3-6-13-24/h3-21,37-38H,1-2H3. The fourth-order valence-electron chi connectivity index (χ4n) is 6.71. The number of hydrogen-bond acceptors (Lipinski definition) is 2. The van der Waals surface area contributed by atoms with Crippen molar-refractivity contribution in [3.05, 3.63) is 169 Å². The second kappa shape index (κ2) is 8.00. The van der Waals surface area contributed by atoms with Gasteiger partial charge >= 0.3 is 0 Å². The first-order chi connectivity index (χ1) is 18.2. The number of hydrogen-bond donors (Lipinski definition) is 2. The third kappa shape index (κ3) is 3.07. The van der Waals surface area contributed by atoms with Crippen LogP contribution in [0, 0.1) is 0 Å². The van der Waals surface area contributed by atoms with Crippen LogP contribution < -0.4 is 0 Å². The summed E-state index contributed by atoms with van der Waals surface area (Å²) in [5.41, 5.74) is 6.17. The molecule has 4 aliphatic rings. The highest BCUT2D eigenvalue weighted by Crippen LogP contribution is 2.60. The van der Waals surface area contributed by atoms with Crippen LogP contribution in [-0.2, 0) is 16.6 Å². The Bertz CT molecular complexity index is 1700. The van der Waals surface area contributed by atoms with Gasteiger partial charge in [0.05, 0.1) is 0 Å². The molecule has 0 spiro atoms. The van der Waals surface area contributed by atoms with Crippen molar-refractivity contribution >= 4 is 22.0 Å². The third-order valence-electron chi connectivity index (χ3n) is 8.54. The molecule has 0 radical (unpaired) electrons. The molecule has 2 atom stereocenters. The maximum absolute atomic E-state index is 13.0. The van der Waals surface area contributed by atoms with E-state index in [0.29, 0.717) is 0 Å². The lowest BCUT2D eigenvalue weighted by Gasteiger charge is -2.46. The molecule has 0 aliphatic heterocycles. The molecular formula is C35H27BrO2. The average molecular weight is 560 g/mol. The van der Waals surface area contributed by atoms with Crippen molar-refractivity contribution in [3.8, 4) is 0 Å². The van der Waals surface area contributed by atoms with E-state index in [4.69, 9.17) is 0 Å². The van der Waals surface area contributed by atoms with Crippen molar-refractivity contribution in [1.29, 1.82) is 0 Å². The Balaban J connectivity index is 1.60. The van der Waals surface area contributed by atoms with Gasteiger partial charge in [-0.1, -0.05) is 115 Å². The van der Waals surface area contributed by atoms with Crippen LogP contribution in [-0.4, -0.2) is 10.2 Å². The van der Waals surface area contributed by atoms with Gasteiger partial charge in [0.15, 0.2) is 0 Å². The van der Waals surface area contributed by atoms with Crippen molar-refractivity contribution in [2.75, 3.05) is 0 Å². The van der Waals surface area contributed by atoms with E-state index in [-0.39, 0.29) is 5.41 Å². The number of aliphatic hydroxyl groups is 2. The minimum absolute atomic E-state index is 0.356. The first-order valence-electron chi connectivity index (χ1n) is 12.9. The Kier molecular flexibility index (Phi) is 4.97. The van der Waals surface area contributed by atoms with Gasteiger partial charge in [-0.15, -0.1) is 0 Å². The van der Waals surface area contributed by atoms with Crippen LogP contribution in [0.25, 0.3) is 6.08 Å². The third-order valence-corrected chi connectivity index (χ3v) is 9.00. The summed E-state index contributed by atoms with van der Waals surface area (Å²) in [6.07, 6.45) is 10.3. The van der Waals surface area contributed by atoms with Crippen molar-refractivity contribution in [2.24, 2.45) is 0 Å². The molecule has 0 heterocycles. The van der Waals surface area contributed by atoms with Gasteiger partial charge in [0, 0.05) is 21.0 Å². The highest BCUT2D eigenvalue weighted by Gasteiger charge is 2.53. The van der Waals surface area contributed by atoms with Gasteiger partial charge in [-0.25, -0.2) is 0 Å². The molecule has 3 aromatic carbocycles. The van der Waals surface area contributed by atoms with Crippen LogP contribution >= 0.6 is 15.9 Å². The van der Waals surface area contributed by atoms with E-state index in [2.05, 4.69) is 72.3 Å². The molecule has 2 unspecified atom stereocenters. The molecule has 0 saturated heterocycles. The fourth-order valence-corrected chi connectivity index (χ4v) is 7.29. The van der Waals surface area contributed by atoms with Gasteiger partial charge in [-0.2, -0.15) is 0 Å². The second-order valence-corrected chi connectivity index (χ2v) is 11.9. The summed E-state index contributed by atoms with van der Waals surface area (Å²) < 4.78 is 0.805. The summed E-state index contributed by atoms with van der Waals surface area (Å²) in [6, 6.07) is 28.1. The summed E-state index contributed by atoms with van der Waals surface area (Å²) >= 11 is 3.65. The van der Waals surface area contributed by atoms with Crippen LogP contribution in [0.3, 0.4) is 0 Å². The Hall–Kier alpha value is -3.50. The van der Waals surface area contributed by atoms with E-state index in [1.54, 1.807) is 0 Å².